The third kappa shape index (κ3) is 3.04. The Morgan fingerprint density at radius 2 is 2.29 bits per heavy atom. The van der Waals surface area contributed by atoms with Crippen LogP contribution in [0.25, 0.3) is 10.4 Å². The maximum Gasteiger partial charge on any atom is 0.183 e. The Labute approximate surface area is 112 Å². The summed E-state index contributed by atoms with van der Waals surface area (Å²) in [5.41, 5.74) is 0.966. The Morgan fingerprint density at radius 1 is 1.47 bits per heavy atom. The van der Waals surface area contributed by atoms with E-state index in [1.807, 2.05) is 0 Å². The third-order valence-corrected chi connectivity index (χ3v) is 3.87. The molecule has 0 bridgehead atoms. The minimum Gasteiger partial charge on any atom is -0.362 e. The molecule has 0 saturated heterocycles. The zero-order valence-corrected chi connectivity index (χ0v) is 11.7. The fraction of sp³-hybridized carbons (Fsp3) is 0.250. The molecular formula is C12H12BrFN2S. The lowest BCUT2D eigenvalue weighted by atomic mass is 10.2. The summed E-state index contributed by atoms with van der Waals surface area (Å²) in [4.78, 5) is 5.31. The lowest BCUT2D eigenvalue weighted by Gasteiger charge is -2.00. The molecule has 0 unspecified atom stereocenters. The zero-order valence-electron chi connectivity index (χ0n) is 9.34. The summed E-state index contributed by atoms with van der Waals surface area (Å²) in [6.07, 6.45) is 2.87. The molecule has 0 saturated carbocycles. The molecule has 90 valence electrons. The quantitative estimate of drug-likeness (QED) is 0.896. The van der Waals surface area contributed by atoms with Gasteiger partial charge in [0.15, 0.2) is 5.13 Å². The van der Waals surface area contributed by atoms with E-state index in [9.17, 15) is 4.39 Å². The van der Waals surface area contributed by atoms with Crippen LogP contribution in [-0.2, 0) is 0 Å². The minimum absolute atomic E-state index is 0.241. The number of hydrogen-bond acceptors (Lipinski definition) is 3. The second-order valence-corrected chi connectivity index (χ2v) is 5.47. The molecule has 2 rings (SSSR count). The summed E-state index contributed by atoms with van der Waals surface area (Å²) in [5.74, 6) is -0.241. The number of benzene rings is 1. The van der Waals surface area contributed by atoms with Crippen molar-refractivity contribution in [3.63, 3.8) is 0 Å². The molecule has 1 aromatic carbocycles. The number of anilines is 1. The zero-order chi connectivity index (χ0) is 12.3. The van der Waals surface area contributed by atoms with E-state index in [4.69, 9.17) is 0 Å². The van der Waals surface area contributed by atoms with Gasteiger partial charge < -0.3 is 5.32 Å². The summed E-state index contributed by atoms with van der Waals surface area (Å²) in [6.45, 7) is 3.02. The number of thiazole rings is 1. The van der Waals surface area contributed by atoms with Gasteiger partial charge in [-0.15, -0.1) is 0 Å². The van der Waals surface area contributed by atoms with Gasteiger partial charge in [-0.3, -0.25) is 0 Å². The van der Waals surface area contributed by atoms with Gasteiger partial charge in [-0.2, -0.15) is 0 Å². The molecule has 0 radical (unpaired) electrons. The van der Waals surface area contributed by atoms with Crippen molar-refractivity contribution in [1.29, 1.82) is 0 Å². The average molecular weight is 315 g/mol. The van der Waals surface area contributed by atoms with Gasteiger partial charge in [0.05, 0.1) is 4.88 Å². The van der Waals surface area contributed by atoms with Crippen molar-refractivity contribution in [2.45, 2.75) is 13.3 Å². The van der Waals surface area contributed by atoms with Crippen LogP contribution in [0.3, 0.4) is 0 Å². The molecule has 0 amide bonds. The van der Waals surface area contributed by atoms with Gasteiger partial charge in [0.1, 0.15) is 5.82 Å². The molecule has 1 aromatic heterocycles. The highest BCUT2D eigenvalue weighted by molar-refractivity contribution is 9.10. The highest BCUT2D eigenvalue weighted by Gasteiger charge is 2.08. The fourth-order valence-electron chi connectivity index (χ4n) is 1.40. The van der Waals surface area contributed by atoms with E-state index in [2.05, 4.69) is 33.2 Å². The van der Waals surface area contributed by atoms with Gasteiger partial charge in [0, 0.05) is 22.8 Å². The molecule has 0 aliphatic rings. The van der Waals surface area contributed by atoms with Crippen LogP contribution in [0, 0.1) is 5.82 Å². The Bertz CT molecular complexity index is 513. The van der Waals surface area contributed by atoms with E-state index in [0.29, 0.717) is 0 Å². The molecule has 17 heavy (non-hydrogen) atoms. The van der Waals surface area contributed by atoms with Crippen LogP contribution >= 0.6 is 27.3 Å². The first-order valence-corrected chi connectivity index (χ1v) is 6.96. The Hall–Kier alpha value is -0.940. The highest BCUT2D eigenvalue weighted by atomic mass is 79.9. The summed E-state index contributed by atoms with van der Waals surface area (Å²) in [5, 5.41) is 4.13. The third-order valence-electron chi connectivity index (χ3n) is 2.23. The first-order chi connectivity index (χ1) is 8.20. The molecule has 0 aliphatic heterocycles. The maximum absolute atomic E-state index is 13.0. The van der Waals surface area contributed by atoms with E-state index in [0.717, 1.165) is 33.0 Å². The van der Waals surface area contributed by atoms with Crippen LogP contribution in [0.1, 0.15) is 13.3 Å². The number of rotatable bonds is 4. The molecule has 0 atom stereocenters. The van der Waals surface area contributed by atoms with E-state index in [1.54, 1.807) is 23.6 Å². The Balaban J connectivity index is 2.24. The number of halogens is 2. The van der Waals surface area contributed by atoms with Gasteiger partial charge in [-0.1, -0.05) is 34.2 Å². The molecule has 0 spiro atoms. The van der Waals surface area contributed by atoms with Crippen molar-refractivity contribution < 1.29 is 4.39 Å². The molecule has 1 heterocycles. The first kappa shape index (κ1) is 12.5. The number of nitrogens with zero attached hydrogens (tertiary/aromatic N) is 1. The van der Waals surface area contributed by atoms with Crippen LogP contribution in [0.2, 0.25) is 0 Å². The number of nitrogens with one attached hydrogen (secondary N) is 1. The fourth-order valence-corrected chi connectivity index (χ4v) is 2.98. The van der Waals surface area contributed by atoms with Crippen LogP contribution in [-0.4, -0.2) is 11.5 Å². The van der Waals surface area contributed by atoms with E-state index in [1.165, 1.54) is 12.1 Å². The summed E-state index contributed by atoms with van der Waals surface area (Å²) in [6, 6.07) is 4.68. The van der Waals surface area contributed by atoms with Gasteiger partial charge in [-0.25, -0.2) is 9.37 Å². The predicted octanol–water partition coefficient (Wildman–Crippen LogP) is 4.53. The van der Waals surface area contributed by atoms with Crippen molar-refractivity contribution in [3.8, 4) is 10.4 Å². The lowest BCUT2D eigenvalue weighted by molar-refractivity contribution is 0.627. The van der Waals surface area contributed by atoms with Gasteiger partial charge in [0.25, 0.3) is 0 Å². The predicted molar refractivity (Wildman–Crippen MR) is 74.0 cm³/mol. The Kier molecular flexibility index (Phi) is 4.12. The van der Waals surface area contributed by atoms with Crippen molar-refractivity contribution in [3.05, 3.63) is 34.7 Å². The van der Waals surface area contributed by atoms with Gasteiger partial charge in [-0.05, 0) is 24.6 Å². The average Bonchev–Trinajstić information content (AvgIpc) is 2.75. The van der Waals surface area contributed by atoms with Crippen LogP contribution in [0.5, 0.6) is 0 Å². The monoisotopic (exact) mass is 314 g/mol. The second kappa shape index (κ2) is 5.60. The van der Waals surface area contributed by atoms with Gasteiger partial charge in [0.2, 0.25) is 0 Å². The smallest absolute Gasteiger partial charge is 0.183 e. The SMILES string of the molecule is CCCNc1ncc(-c2ccc(F)cc2Br)s1. The molecule has 1 N–H and O–H groups in total. The van der Waals surface area contributed by atoms with E-state index < -0.39 is 0 Å². The van der Waals surface area contributed by atoms with Crippen molar-refractivity contribution >= 4 is 32.4 Å². The first-order valence-electron chi connectivity index (χ1n) is 5.36. The van der Waals surface area contributed by atoms with E-state index in [-0.39, 0.29) is 5.82 Å². The molecule has 2 nitrogen and oxygen atoms in total. The lowest BCUT2D eigenvalue weighted by Crippen LogP contribution is -1.97. The second-order valence-electron chi connectivity index (χ2n) is 3.58. The van der Waals surface area contributed by atoms with E-state index >= 15 is 0 Å². The topological polar surface area (TPSA) is 24.9 Å². The summed E-state index contributed by atoms with van der Waals surface area (Å²) in [7, 11) is 0. The van der Waals surface area contributed by atoms with Crippen LogP contribution in [0.4, 0.5) is 9.52 Å². The van der Waals surface area contributed by atoms with Crippen LogP contribution < -0.4 is 5.32 Å². The maximum atomic E-state index is 13.0. The van der Waals surface area contributed by atoms with Crippen LogP contribution in [0.15, 0.2) is 28.9 Å². The molecule has 5 heteroatoms. The minimum atomic E-state index is -0.241. The van der Waals surface area contributed by atoms with Crippen molar-refractivity contribution in [2.24, 2.45) is 0 Å². The highest BCUT2D eigenvalue weighted by Crippen LogP contribution is 2.34. The summed E-state index contributed by atoms with van der Waals surface area (Å²) < 4.78 is 13.7. The molecular weight excluding hydrogens is 303 g/mol. The van der Waals surface area contributed by atoms with Crippen molar-refractivity contribution in [2.75, 3.05) is 11.9 Å². The summed E-state index contributed by atoms with van der Waals surface area (Å²) >= 11 is 4.94. The molecule has 0 aliphatic carbocycles. The number of hydrogen-bond donors (Lipinski definition) is 1. The molecule has 0 fully saturated rings. The van der Waals surface area contributed by atoms with Crippen molar-refractivity contribution in [1.82, 2.24) is 4.98 Å². The number of aromatic nitrogens is 1. The molecule has 2 aromatic rings. The normalized spacial score (nSPS) is 10.5. The standard InChI is InChI=1S/C12H12BrFN2S/c1-2-5-15-12-16-7-11(17-12)9-4-3-8(14)6-10(9)13/h3-4,6-7H,2,5H2,1H3,(H,15,16). The van der Waals surface area contributed by atoms with Gasteiger partial charge >= 0.3 is 0 Å². The largest absolute Gasteiger partial charge is 0.362 e. The Morgan fingerprint density at radius 3 is 3.00 bits per heavy atom.